The van der Waals surface area contributed by atoms with Crippen molar-refractivity contribution in [2.45, 2.75) is 44.0 Å². The van der Waals surface area contributed by atoms with Gasteiger partial charge in [-0.1, -0.05) is 0 Å². The van der Waals surface area contributed by atoms with Crippen molar-refractivity contribution in [1.29, 1.82) is 0 Å². The van der Waals surface area contributed by atoms with Gasteiger partial charge in [-0.05, 0) is 120 Å². The van der Waals surface area contributed by atoms with Crippen molar-refractivity contribution in [3.8, 4) is 0 Å². The van der Waals surface area contributed by atoms with Gasteiger partial charge in [0.15, 0.2) is 0 Å². The lowest BCUT2D eigenvalue weighted by molar-refractivity contribution is 1.08. The Balaban J connectivity index is 1.37. The number of fused-ring (bicyclic) bond motifs is 8. The van der Waals surface area contributed by atoms with Crippen LogP contribution in [-0.4, -0.2) is 66.0 Å². The number of hydrogen-bond acceptors (Lipinski definition) is 10. The summed E-state index contributed by atoms with van der Waals surface area (Å²) < 4.78 is 1.44. The monoisotopic (exact) mass is 782 g/mol. The number of H-pyrrole nitrogens is 2. The number of nitrogens with zero attached hydrogens (tertiary/aromatic N) is 2. The van der Waals surface area contributed by atoms with Gasteiger partial charge in [-0.15, -0.1) is 94.1 Å². The summed E-state index contributed by atoms with van der Waals surface area (Å²) in [4.78, 5) is 19.1. The van der Waals surface area contributed by atoms with Crippen molar-refractivity contribution in [2.75, 3.05) is 46.0 Å². The summed E-state index contributed by atoms with van der Waals surface area (Å²) in [6.45, 7) is 0. The van der Waals surface area contributed by atoms with E-state index in [1.165, 1.54) is 116 Å². The number of aromatic amines is 2. The molecule has 2 N–H and O–H groups in total. The van der Waals surface area contributed by atoms with Crippen molar-refractivity contribution in [2.24, 2.45) is 0 Å². The van der Waals surface area contributed by atoms with E-state index in [1.54, 1.807) is 0 Å². The van der Waals surface area contributed by atoms with Gasteiger partial charge in [-0.3, -0.25) is 0 Å². The van der Waals surface area contributed by atoms with E-state index in [-0.39, 0.29) is 0 Å². The van der Waals surface area contributed by atoms with Gasteiger partial charge < -0.3 is 9.97 Å². The lowest BCUT2D eigenvalue weighted by atomic mass is 10.2. The SMILES string of the molecule is C1=Cc2nc1c(C1SCCCS1)c1nc(c(C3SCCCS3)c3ccc([nH]3)c(C3SCCCS3)c3ccc([nH]3)c2C2SCCCS2)C=C1. The molecule has 3 aromatic rings. The Morgan fingerprint density at radius 2 is 0.646 bits per heavy atom. The first-order chi connectivity index (χ1) is 23.8. The fourth-order valence-electron chi connectivity index (χ4n) is 6.90. The van der Waals surface area contributed by atoms with Gasteiger partial charge in [0.25, 0.3) is 0 Å². The minimum atomic E-state index is 0.337. The quantitative estimate of drug-likeness (QED) is 0.184. The molecular weight excluding hydrogens is 745 g/mol. The maximum atomic E-state index is 5.53. The fourth-order valence-corrected chi connectivity index (χ4v) is 19.0. The molecule has 6 aliphatic rings. The Morgan fingerprint density at radius 3 is 1.00 bits per heavy atom. The van der Waals surface area contributed by atoms with Crippen LogP contribution in [0.4, 0.5) is 0 Å². The minimum Gasteiger partial charge on any atom is -0.355 e. The third-order valence-electron chi connectivity index (χ3n) is 9.17. The molecule has 6 aliphatic heterocycles. The molecule has 4 saturated heterocycles. The Labute approximate surface area is 317 Å². The fraction of sp³-hybridized carbons (Fsp3) is 0.444. The highest BCUT2D eigenvalue weighted by Crippen LogP contribution is 2.52. The summed E-state index contributed by atoms with van der Waals surface area (Å²) in [5.74, 6) is 9.58. The summed E-state index contributed by atoms with van der Waals surface area (Å²) >= 11 is 16.7. The molecule has 4 fully saturated rings. The van der Waals surface area contributed by atoms with Gasteiger partial charge in [0.2, 0.25) is 0 Å². The van der Waals surface area contributed by atoms with Gasteiger partial charge in [-0.2, -0.15) is 0 Å². The van der Waals surface area contributed by atoms with Gasteiger partial charge in [0, 0.05) is 44.3 Å². The maximum Gasteiger partial charge on any atom is 0.0793 e. The molecule has 0 radical (unpaired) electrons. The Hall–Kier alpha value is -0.600. The van der Waals surface area contributed by atoms with Crippen LogP contribution in [0.1, 0.15) is 89.0 Å². The molecule has 12 heteroatoms. The molecule has 0 saturated carbocycles. The van der Waals surface area contributed by atoms with Crippen molar-refractivity contribution < 1.29 is 0 Å². The molecule has 48 heavy (non-hydrogen) atoms. The molecule has 0 amide bonds. The van der Waals surface area contributed by atoms with E-state index < -0.39 is 0 Å². The van der Waals surface area contributed by atoms with Gasteiger partial charge in [0.05, 0.1) is 41.1 Å². The predicted octanol–water partition coefficient (Wildman–Crippen LogP) is 12.1. The third-order valence-corrected chi connectivity index (χ3v) is 20.9. The number of aromatic nitrogens is 4. The number of rotatable bonds is 4. The first kappa shape index (κ1) is 33.3. The Bertz CT molecular complexity index is 1770. The lowest BCUT2D eigenvalue weighted by Crippen LogP contribution is -2.05. The van der Waals surface area contributed by atoms with Gasteiger partial charge >= 0.3 is 0 Å². The highest BCUT2D eigenvalue weighted by Gasteiger charge is 2.29. The second kappa shape index (κ2) is 15.2. The molecule has 4 nitrogen and oxygen atoms in total. The first-order valence-electron chi connectivity index (χ1n) is 16.9. The summed E-state index contributed by atoms with van der Waals surface area (Å²) in [6, 6.07) is 9.36. The van der Waals surface area contributed by atoms with Gasteiger partial charge in [0.1, 0.15) is 0 Å². The van der Waals surface area contributed by atoms with E-state index in [0.717, 1.165) is 22.8 Å². The highest BCUT2D eigenvalue weighted by molar-refractivity contribution is 8.18. The van der Waals surface area contributed by atoms with Crippen LogP contribution in [0, 0.1) is 0 Å². The van der Waals surface area contributed by atoms with Crippen LogP contribution in [0.3, 0.4) is 0 Å². The topological polar surface area (TPSA) is 57.4 Å². The average molecular weight is 783 g/mol. The van der Waals surface area contributed by atoms with E-state index in [1.807, 2.05) is 0 Å². The number of thioether (sulfide) groups is 8. The molecular formula is C36H38N4S8. The molecule has 9 rings (SSSR count). The van der Waals surface area contributed by atoms with E-state index >= 15 is 0 Å². The molecule has 250 valence electrons. The Kier molecular flexibility index (Phi) is 10.5. The largest absolute Gasteiger partial charge is 0.355 e. The second-order valence-corrected chi connectivity index (χ2v) is 23.3. The van der Waals surface area contributed by atoms with Crippen LogP contribution in [0.2, 0.25) is 0 Å². The number of hydrogen-bond donors (Lipinski definition) is 2. The summed E-state index contributed by atoms with van der Waals surface area (Å²) in [5, 5.41) is 0. The standard InChI is InChI=1S/C36H38N4S8/c1-13-41-33(42-14-1)29-21-5-7-23(37-21)30(34-43-15-2-16-44-34)25-9-11-27(39-25)32(36-47-19-4-20-48-36)28-12-10-26(40-28)31(24-8-6-22(29)38-24)35-45-17-3-18-46-35/h5-12,33-38H,1-4,13-20H2. The zero-order valence-corrected chi connectivity index (χ0v) is 33.1. The zero-order valence-electron chi connectivity index (χ0n) is 26.6. The van der Waals surface area contributed by atoms with E-state index in [9.17, 15) is 0 Å². The number of nitrogens with one attached hydrogen (secondary N) is 2. The van der Waals surface area contributed by atoms with Crippen molar-refractivity contribution in [1.82, 2.24) is 19.9 Å². The van der Waals surface area contributed by atoms with Crippen LogP contribution in [-0.2, 0) is 0 Å². The predicted molar refractivity (Wildman–Crippen MR) is 228 cm³/mol. The molecule has 3 aromatic heterocycles. The molecule has 8 bridgehead atoms. The summed E-state index contributed by atoms with van der Waals surface area (Å²) in [6.07, 6.45) is 14.3. The summed E-state index contributed by atoms with van der Waals surface area (Å²) in [7, 11) is 0. The Morgan fingerprint density at radius 1 is 0.375 bits per heavy atom. The average Bonchev–Trinajstić information content (AvgIpc) is 3.98. The second-order valence-electron chi connectivity index (χ2n) is 12.4. The molecule has 0 atom stereocenters. The van der Waals surface area contributed by atoms with E-state index in [0.29, 0.717) is 18.3 Å². The molecule has 0 spiro atoms. The normalized spacial score (nSPS) is 21.7. The van der Waals surface area contributed by atoms with E-state index in [2.05, 4.69) is 153 Å². The highest BCUT2D eigenvalue weighted by atomic mass is 32.2. The first-order valence-corrected chi connectivity index (χ1v) is 25.3. The molecule has 0 unspecified atom stereocenters. The summed E-state index contributed by atoms with van der Waals surface area (Å²) in [5.41, 5.74) is 14.6. The minimum absolute atomic E-state index is 0.337. The molecule has 9 heterocycles. The van der Waals surface area contributed by atoms with Crippen molar-refractivity contribution >= 4 is 140 Å². The van der Waals surface area contributed by atoms with Crippen LogP contribution in [0.5, 0.6) is 0 Å². The van der Waals surface area contributed by atoms with Crippen LogP contribution in [0.25, 0.3) is 46.4 Å². The molecule has 0 aromatic carbocycles. The third kappa shape index (κ3) is 6.72. The smallest absolute Gasteiger partial charge is 0.0793 e. The zero-order chi connectivity index (χ0) is 31.9. The van der Waals surface area contributed by atoms with Crippen molar-refractivity contribution in [3.05, 3.63) is 69.3 Å². The maximum absolute atomic E-state index is 5.53. The lowest BCUT2D eigenvalue weighted by Gasteiger charge is -2.23. The van der Waals surface area contributed by atoms with Crippen LogP contribution < -0.4 is 0 Å². The van der Waals surface area contributed by atoms with E-state index in [4.69, 9.17) is 9.97 Å². The molecule has 0 aliphatic carbocycles. The van der Waals surface area contributed by atoms with Crippen molar-refractivity contribution in [3.63, 3.8) is 0 Å². The van der Waals surface area contributed by atoms with Crippen LogP contribution >= 0.6 is 94.1 Å². The van der Waals surface area contributed by atoms with Crippen LogP contribution in [0.15, 0.2) is 24.3 Å². The van der Waals surface area contributed by atoms with Gasteiger partial charge in [-0.25, -0.2) is 9.97 Å².